The van der Waals surface area contributed by atoms with E-state index in [-0.39, 0.29) is 5.92 Å². The summed E-state index contributed by atoms with van der Waals surface area (Å²) in [5.41, 5.74) is -0.454. The molecule has 3 atom stereocenters. The van der Waals surface area contributed by atoms with E-state index < -0.39 is 53.0 Å². The minimum Gasteiger partial charge on any atom is -0.481 e. The average Bonchev–Trinajstić information content (AvgIpc) is 3.03. The monoisotopic (exact) mass is 428 g/mol. The smallest absolute Gasteiger partial charge is 0.305 e. The number of carboxylic acid groups (broad SMARTS) is 1. The fourth-order valence-corrected chi connectivity index (χ4v) is 3.56. The van der Waals surface area contributed by atoms with Crippen molar-refractivity contribution in [1.29, 1.82) is 0 Å². The fraction of sp³-hybridized carbons (Fsp3) is 0.667. The largest absolute Gasteiger partial charge is 0.481 e. The average molecular weight is 429 g/mol. The summed E-state index contributed by atoms with van der Waals surface area (Å²) in [5, 5.41) is 18.5. The lowest BCUT2D eigenvalue weighted by atomic mass is 9.99. The molecule has 3 amide bonds. The first kappa shape index (κ1) is 24.6. The molecule has 1 heterocycles. The third kappa shape index (κ3) is 6.84. The summed E-state index contributed by atoms with van der Waals surface area (Å²) in [6, 6.07) is -2.13. The molecular formula is C18H28N4O6S. The second-order valence-corrected chi connectivity index (χ2v) is 9.15. The number of hydrogen-bond donors (Lipinski definition) is 3. The summed E-state index contributed by atoms with van der Waals surface area (Å²) in [4.78, 5) is 59.3. The van der Waals surface area contributed by atoms with Crippen molar-refractivity contribution in [2.75, 3.05) is 0 Å². The molecule has 0 saturated heterocycles. The molecule has 0 saturated carbocycles. The van der Waals surface area contributed by atoms with E-state index in [0.717, 1.165) is 16.8 Å². The summed E-state index contributed by atoms with van der Waals surface area (Å²) in [6.45, 7) is 10.4. The maximum Gasteiger partial charge on any atom is 0.305 e. The second kappa shape index (κ2) is 9.86. The van der Waals surface area contributed by atoms with E-state index in [2.05, 4.69) is 15.7 Å². The minimum atomic E-state index is -1.24. The van der Waals surface area contributed by atoms with Crippen molar-refractivity contribution in [3.05, 3.63) is 0 Å². The van der Waals surface area contributed by atoms with E-state index in [1.54, 1.807) is 13.8 Å². The highest BCUT2D eigenvalue weighted by atomic mass is 32.2. The molecule has 0 aliphatic carbocycles. The Morgan fingerprint density at radius 2 is 1.83 bits per heavy atom. The SMILES string of the molecule is CC(=O)NC(C(=O)N1N=C(C(C)(C)C)SC1C(=O)NC(C=O)CC(=O)O)C(C)C. The van der Waals surface area contributed by atoms with Gasteiger partial charge in [-0.15, -0.1) is 0 Å². The van der Waals surface area contributed by atoms with Crippen LogP contribution in [-0.4, -0.2) is 62.6 Å². The Labute approximate surface area is 173 Å². The van der Waals surface area contributed by atoms with Crippen molar-refractivity contribution in [2.45, 2.75) is 65.4 Å². The quantitative estimate of drug-likeness (QED) is 0.479. The molecule has 0 aromatic carbocycles. The highest BCUT2D eigenvalue weighted by Gasteiger charge is 2.44. The molecule has 162 valence electrons. The second-order valence-electron chi connectivity index (χ2n) is 8.08. The minimum absolute atomic E-state index is 0.260. The van der Waals surface area contributed by atoms with Crippen LogP contribution in [0.4, 0.5) is 0 Å². The number of carbonyl (C=O) groups is 5. The number of hydrogen-bond acceptors (Lipinski definition) is 7. The van der Waals surface area contributed by atoms with Crippen molar-refractivity contribution < 1.29 is 29.1 Å². The van der Waals surface area contributed by atoms with Crippen LogP contribution in [0.1, 0.15) is 48.0 Å². The van der Waals surface area contributed by atoms with Gasteiger partial charge in [-0.2, -0.15) is 5.10 Å². The van der Waals surface area contributed by atoms with Gasteiger partial charge < -0.3 is 20.5 Å². The molecule has 0 bridgehead atoms. The van der Waals surface area contributed by atoms with Crippen LogP contribution in [0.2, 0.25) is 0 Å². The van der Waals surface area contributed by atoms with Crippen molar-refractivity contribution in [3.63, 3.8) is 0 Å². The number of aliphatic carboxylic acids is 1. The number of aldehydes is 1. The van der Waals surface area contributed by atoms with Crippen LogP contribution >= 0.6 is 11.8 Å². The Morgan fingerprint density at radius 1 is 1.24 bits per heavy atom. The molecule has 10 nitrogen and oxygen atoms in total. The third-order valence-corrected chi connectivity index (χ3v) is 5.47. The van der Waals surface area contributed by atoms with Gasteiger partial charge in [-0.05, 0) is 5.92 Å². The molecule has 0 aromatic rings. The molecule has 1 rings (SSSR count). The van der Waals surface area contributed by atoms with Gasteiger partial charge >= 0.3 is 5.97 Å². The van der Waals surface area contributed by atoms with Crippen molar-refractivity contribution in [1.82, 2.24) is 15.6 Å². The number of thioether (sulfide) groups is 1. The highest BCUT2D eigenvalue weighted by molar-refractivity contribution is 8.15. The van der Waals surface area contributed by atoms with E-state index in [1.165, 1.54) is 6.92 Å². The van der Waals surface area contributed by atoms with Crippen LogP contribution in [0.5, 0.6) is 0 Å². The van der Waals surface area contributed by atoms with Gasteiger partial charge in [0.15, 0.2) is 5.37 Å². The highest BCUT2D eigenvalue weighted by Crippen LogP contribution is 2.36. The number of nitrogens with zero attached hydrogens (tertiary/aromatic N) is 2. The summed E-state index contributed by atoms with van der Waals surface area (Å²) >= 11 is 1.05. The molecular weight excluding hydrogens is 400 g/mol. The van der Waals surface area contributed by atoms with Gasteiger partial charge in [0.2, 0.25) is 5.91 Å². The van der Waals surface area contributed by atoms with Crippen molar-refractivity contribution in [3.8, 4) is 0 Å². The molecule has 1 aliphatic heterocycles. The Bertz CT molecular complexity index is 716. The Balaban J connectivity index is 3.18. The zero-order valence-electron chi connectivity index (χ0n) is 17.4. The first-order valence-electron chi connectivity index (χ1n) is 9.11. The Hall–Kier alpha value is -2.43. The molecule has 3 unspecified atom stereocenters. The standard InChI is InChI=1S/C18H28N4O6S/c1-9(2)13(19-10(3)24)15(28)22-16(29-17(21-22)18(4,5)6)14(27)20-11(8-23)7-12(25)26/h8-9,11,13,16H,7H2,1-6H3,(H,19,24)(H,20,27)(H,25,26). The van der Waals surface area contributed by atoms with E-state index in [4.69, 9.17) is 5.11 Å². The normalized spacial score (nSPS) is 18.7. The molecule has 1 aliphatic rings. The predicted molar refractivity (Wildman–Crippen MR) is 108 cm³/mol. The van der Waals surface area contributed by atoms with Gasteiger partial charge in [0.25, 0.3) is 11.8 Å². The first-order chi connectivity index (χ1) is 13.3. The van der Waals surface area contributed by atoms with Gasteiger partial charge in [0.05, 0.1) is 12.5 Å². The van der Waals surface area contributed by atoms with Crippen LogP contribution in [0, 0.1) is 11.3 Å². The molecule has 0 aromatic heterocycles. The number of amides is 3. The molecule has 3 N–H and O–H groups in total. The summed E-state index contributed by atoms with van der Waals surface area (Å²) < 4.78 is 0. The van der Waals surface area contributed by atoms with Crippen LogP contribution in [0.3, 0.4) is 0 Å². The maximum absolute atomic E-state index is 13.1. The van der Waals surface area contributed by atoms with E-state index in [1.807, 2.05) is 20.8 Å². The zero-order valence-corrected chi connectivity index (χ0v) is 18.2. The molecule has 29 heavy (non-hydrogen) atoms. The van der Waals surface area contributed by atoms with Gasteiger partial charge in [-0.3, -0.25) is 19.2 Å². The number of rotatable bonds is 8. The Kier molecular flexibility index (Phi) is 8.37. The van der Waals surface area contributed by atoms with Gasteiger partial charge in [0, 0.05) is 12.3 Å². The van der Waals surface area contributed by atoms with Crippen LogP contribution in [0.15, 0.2) is 5.10 Å². The predicted octanol–water partition coefficient (Wildman–Crippen LogP) is 0.567. The van der Waals surface area contributed by atoms with Crippen LogP contribution < -0.4 is 10.6 Å². The summed E-state index contributed by atoms with van der Waals surface area (Å²) in [5.74, 6) is -3.18. The number of carbonyl (C=O) groups excluding carboxylic acids is 4. The maximum atomic E-state index is 13.1. The van der Waals surface area contributed by atoms with E-state index in [9.17, 15) is 24.0 Å². The lowest BCUT2D eigenvalue weighted by Crippen LogP contribution is -2.54. The van der Waals surface area contributed by atoms with E-state index >= 15 is 0 Å². The van der Waals surface area contributed by atoms with Gasteiger partial charge in [0.1, 0.15) is 17.4 Å². The molecule has 0 radical (unpaired) electrons. The van der Waals surface area contributed by atoms with Crippen molar-refractivity contribution >= 4 is 46.8 Å². The Morgan fingerprint density at radius 3 is 2.24 bits per heavy atom. The fourth-order valence-electron chi connectivity index (χ4n) is 2.44. The number of carboxylic acids is 1. The number of hydrazone groups is 1. The molecule has 0 spiro atoms. The van der Waals surface area contributed by atoms with Gasteiger partial charge in [-0.1, -0.05) is 46.4 Å². The van der Waals surface area contributed by atoms with E-state index in [0.29, 0.717) is 11.3 Å². The van der Waals surface area contributed by atoms with Crippen LogP contribution in [-0.2, 0) is 24.0 Å². The summed E-state index contributed by atoms with van der Waals surface area (Å²) in [7, 11) is 0. The molecule has 11 heteroatoms. The third-order valence-electron chi connectivity index (χ3n) is 3.91. The lowest BCUT2D eigenvalue weighted by Gasteiger charge is -2.27. The zero-order chi connectivity index (χ0) is 22.5. The topological polar surface area (TPSA) is 145 Å². The number of nitrogens with one attached hydrogen (secondary N) is 2. The first-order valence-corrected chi connectivity index (χ1v) is 9.99. The lowest BCUT2D eigenvalue weighted by molar-refractivity contribution is -0.142. The van der Waals surface area contributed by atoms with Gasteiger partial charge in [-0.25, -0.2) is 5.01 Å². The molecule has 0 fully saturated rings. The summed E-state index contributed by atoms with van der Waals surface area (Å²) in [6.07, 6.45) is -0.244. The van der Waals surface area contributed by atoms with Crippen molar-refractivity contribution in [2.24, 2.45) is 16.4 Å². The van der Waals surface area contributed by atoms with Crippen LogP contribution in [0.25, 0.3) is 0 Å².